The van der Waals surface area contributed by atoms with Crippen LogP contribution in [0.5, 0.6) is 0 Å². The van der Waals surface area contributed by atoms with Gasteiger partial charge >= 0.3 is 0 Å². The third-order valence-corrected chi connectivity index (χ3v) is 13.6. The summed E-state index contributed by atoms with van der Waals surface area (Å²) in [6.45, 7) is 7.79. The average Bonchev–Trinajstić information content (AvgIpc) is 3.27. The quantitative estimate of drug-likeness (QED) is 0.311. The highest BCUT2D eigenvalue weighted by atomic mass is 32.2. The van der Waals surface area contributed by atoms with E-state index in [0.717, 1.165) is 38.5 Å². The van der Waals surface area contributed by atoms with Gasteiger partial charge in [-0.05, 0) is 111 Å². The molecule has 0 spiro atoms. The van der Waals surface area contributed by atoms with Crippen LogP contribution in [0.25, 0.3) is 0 Å². The minimum absolute atomic E-state index is 0.0175. The summed E-state index contributed by atoms with van der Waals surface area (Å²) in [4.78, 5) is 15.1. The van der Waals surface area contributed by atoms with E-state index in [1.54, 1.807) is 4.90 Å². The monoisotopic (exact) mass is 599 g/mol. The molecular weight excluding hydrogens is 546 g/mol. The fourth-order valence-corrected chi connectivity index (χ4v) is 11.0. The van der Waals surface area contributed by atoms with Gasteiger partial charge in [0.1, 0.15) is 0 Å². The number of ether oxygens (including phenoxy) is 1. The highest BCUT2D eigenvalue weighted by molar-refractivity contribution is 7.85. The fourth-order valence-electron chi connectivity index (χ4n) is 10.5. The van der Waals surface area contributed by atoms with Gasteiger partial charge in [-0.3, -0.25) is 9.35 Å². The molecule has 4 aliphatic carbocycles. The fraction of sp³-hybridized carbons (Fsp3) is 0.968. The van der Waals surface area contributed by atoms with Gasteiger partial charge in [0, 0.05) is 32.2 Å². The third-order valence-electron chi connectivity index (χ3n) is 12.9. The van der Waals surface area contributed by atoms with E-state index in [2.05, 4.69) is 20.8 Å². The molecule has 10 heteroatoms. The van der Waals surface area contributed by atoms with Gasteiger partial charge in [0.05, 0.1) is 24.1 Å². The van der Waals surface area contributed by atoms with Crippen molar-refractivity contribution in [3.63, 3.8) is 0 Å². The number of aliphatic hydroxyl groups excluding tert-OH is 3. The Morgan fingerprint density at radius 2 is 1.71 bits per heavy atom. The lowest BCUT2D eigenvalue weighted by molar-refractivity contribution is -0.207. The van der Waals surface area contributed by atoms with Crippen LogP contribution in [-0.2, 0) is 19.6 Å². The molecule has 0 aromatic heterocycles. The van der Waals surface area contributed by atoms with Gasteiger partial charge in [0.25, 0.3) is 10.1 Å². The third kappa shape index (κ3) is 5.99. The maximum atomic E-state index is 13.4. The first-order valence-electron chi connectivity index (χ1n) is 16.1. The van der Waals surface area contributed by atoms with Gasteiger partial charge in [-0.1, -0.05) is 20.8 Å². The van der Waals surface area contributed by atoms with Crippen molar-refractivity contribution in [1.29, 1.82) is 0 Å². The zero-order chi connectivity index (χ0) is 29.7. The van der Waals surface area contributed by atoms with E-state index in [1.165, 1.54) is 0 Å². The Labute approximate surface area is 246 Å². The SMILES string of the molecule is CC(CCC(=O)N(CCS(=O)(=O)O)C1CCOCC1)C1CCC2C3C(O)CC4CC(O)CCC4(C)C3CC(O)C12C. The van der Waals surface area contributed by atoms with Crippen LogP contribution < -0.4 is 0 Å². The number of nitrogens with zero attached hydrogens (tertiary/aromatic N) is 1. The first kappa shape index (κ1) is 31.6. The van der Waals surface area contributed by atoms with Crippen LogP contribution in [0.4, 0.5) is 0 Å². The molecule has 5 fully saturated rings. The molecule has 1 saturated heterocycles. The molecule has 11 unspecified atom stereocenters. The number of aliphatic hydroxyl groups is 3. The number of fused-ring (bicyclic) bond motifs is 5. The van der Waals surface area contributed by atoms with E-state index in [4.69, 9.17) is 4.74 Å². The van der Waals surface area contributed by atoms with Crippen molar-refractivity contribution in [2.75, 3.05) is 25.5 Å². The van der Waals surface area contributed by atoms with Gasteiger partial charge < -0.3 is 25.0 Å². The first-order valence-corrected chi connectivity index (χ1v) is 17.7. The van der Waals surface area contributed by atoms with E-state index in [-0.39, 0.29) is 65.0 Å². The van der Waals surface area contributed by atoms with Crippen molar-refractivity contribution < 1.29 is 37.8 Å². The lowest BCUT2D eigenvalue weighted by Crippen LogP contribution is -2.62. The lowest BCUT2D eigenvalue weighted by atomic mass is 9.43. The van der Waals surface area contributed by atoms with Gasteiger partial charge in [-0.15, -0.1) is 0 Å². The number of hydrogen-bond acceptors (Lipinski definition) is 7. The Kier molecular flexibility index (Phi) is 9.23. The smallest absolute Gasteiger partial charge is 0.266 e. The van der Waals surface area contributed by atoms with Crippen LogP contribution in [0.3, 0.4) is 0 Å². The van der Waals surface area contributed by atoms with Crippen LogP contribution in [0, 0.1) is 46.3 Å². The Bertz CT molecular complexity index is 1050. The van der Waals surface area contributed by atoms with Crippen molar-refractivity contribution in [3.8, 4) is 0 Å². The maximum absolute atomic E-state index is 13.4. The minimum atomic E-state index is -4.18. The Morgan fingerprint density at radius 1 is 1.00 bits per heavy atom. The van der Waals surface area contributed by atoms with Crippen molar-refractivity contribution in [1.82, 2.24) is 4.90 Å². The molecule has 0 aromatic rings. The summed E-state index contributed by atoms with van der Waals surface area (Å²) in [5.74, 6) is 0.796. The number of amides is 1. The van der Waals surface area contributed by atoms with Crippen LogP contribution >= 0.6 is 0 Å². The first-order chi connectivity index (χ1) is 19.3. The molecule has 11 atom stereocenters. The molecule has 9 nitrogen and oxygen atoms in total. The topological polar surface area (TPSA) is 145 Å². The number of rotatable bonds is 8. The van der Waals surface area contributed by atoms with Gasteiger partial charge in [-0.25, -0.2) is 0 Å². The molecule has 1 amide bonds. The maximum Gasteiger partial charge on any atom is 0.266 e. The van der Waals surface area contributed by atoms with E-state index in [1.807, 2.05) is 0 Å². The standard InChI is InChI=1S/C31H53NO8S/c1-19(4-7-28(36)32(12-15-41(37,38)39)21-9-13-40-14-10-21)23-5-6-24-29-25(18-27(35)31(23,24)3)30(2)11-8-22(33)16-20(30)17-26(29)34/h19-27,29,33-35H,4-18H2,1-3H3,(H,37,38,39). The molecule has 4 saturated carbocycles. The summed E-state index contributed by atoms with van der Waals surface area (Å²) in [5.41, 5.74) is -0.287. The van der Waals surface area contributed by atoms with Crippen molar-refractivity contribution in [3.05, 3.63) is 0 Å². The lowest BCUT2D eigenvalue weighted by Gasteiger charge is -2.63. The van der Waals surface area contributed by atoms with Crippen molar-refractivity contribution in [2.45, 2.75) is 116 Å². The van der Waals surface area contributed by atoms with E-state index in [9.17, 15) is 33.1 Å². The molecule has 5 rings (SSSR count). The summed E-state index contributed by atoms with van der Waals surface area (Å²) in [6.07, 6.45) is 6.96. The minimum Gasteiger partial charge on any atom is -0.393 e. The Balaban J connectivity index is 1.27. The van der Waals surface area contributed by atoms with E-state index >= 15 is 0 Å². The second-order valence-electron chi connectivity index (χ2n) is 14.8. The highest BCUT2D eigenvalue weighted by Gasteiger charge is 2.65. The number of carbonyl (C=O) groups excluding carboxylic acids is 1. The predicted octanol–water partition coefficient (Wildman–Crippen LogP) is 3.26. The zero-order valence-corrected chi connectivity index (χ0v) is 26.0. The van der Waals surface area contributed by atoms with Gasteiger partial charge in [-0.2, -0.15) is 8.42 Å². The second kappa shape index (κ2) is 12.0. The number of carbonyl (C=O) groups is 1. The summed E-state index contributed by atoms with van der Waals surface area (Å²) in [6, 6.07) is -0.0855. The van der Waals surface area contributed by atoms with Crippen molar-refractivity contribution in [2.24, 2.45) is 46.3 Å². The van der Waals surface area contributed by atoms with Gasteiger partial charge in [0.15, 0.2) is 0 Å². The molecule has 41 heavy (non-hydrogen) atoms. The molecule has 1 heterocycles. The molecule has 0 radical (unpaired) electrons. The van der Waals surface area contributed by atoms with Crippen LogP contribution in [0.15, 0.2) is 0 Å². The van der Waals surface area contributed by atoms with E-state index in [0.29, 0.717) is 51.2 Å². The molecule has 0 aromatic carbocycles. The van der Waals surface area contributed by atoms with Crippen LogP contribution in [0.2, 0.25) is 0 Å². The summed E-state index contributed by atoms with van der Waals surface area (Å²) in [7, 11) is -4.18. The van der Waals surface area contributed by atoms with Gasteiger partial charge in [0.2, 0.25) is 5.91 Å². The molecular formula is C31H53NO8S. The Morgan fingerprint density at radius 3 is 2.39 bits per heavy atom. The average molecular weight is 600 g/mol. The molecule has 0 bridgehead atoms. The Hall–Kier alpha value is -0.780. The summed E-state index contributed by atoms with van der Waals surface area (Å²) < 4.78 is 37.7. The molecule has 236 valence electrons. The normalized spacial score (nSPS) is 44.0. The summed E-state index contributed by atoms with van der Waals surface area (Å²) >= 11 is 0. The highest BCUT2D eigenvalue weighted by Crippen LogP contribution is 2.68. The summed E-state index contributed by atoms with van der Waals surface area (Å²) in [5, 5.41) is 33.7. The van der Waals surface area contributed by atoms with Crippen LogP contribution in [0.1, 0.15) is 91.4 Å². The molecule has 4 N–H and O–H groups in total. The molecule has 5 aliphatic rings. The zero-order valence-electron chi connectivity index (χ0n) is 25.2. The number of hydrogen-bond donors (Lipinski definition) is 4. The van der Waals surface area contributed by atoms with E-state index < -0.39 is 28.1 Å². The molecule has 1 aliphatic heterocycles. The van der Waals surface area contributed by atoms with Crippen molar-refractivity contribution >= 4 is 16.0 Å². The predicted molar refractivity (Wildman–Crippen MR) is 154 cm³/mol. The van der Waals surface area contributed by atoms with Crippen LogP contribution in [-0.4, -0.2) is 89.0 Å². The second-order valence-corrected chi connectivity index (χ2v) is 16.3. The largest absolute Gasteiger partial charge is 0.393 e.